The van der Waals surface area contributed by atoms with Gasteiger partial charge in [0.2, 0.25) is 0 Å². The first-order valence-electron chi connectivity index (χ1n) is 5.42. The van der Waals surface area contributed by atoms with Crippen LogP contribution in [0.1, 0.15) is 10.4 Å². The quantitative estimate of drug-likeness (QED) is 0.832. The van der Waals surface area contributed by atoms with Gasteiger partial charge < -0.3 is 14.8 Å². The zero-order valence-corrected chi connectivity index (χ0v) is 10.3. The second kappa shape index (κ2) is 5.49. The number of methoxy groups -OCH3 is 1. The van der Waals surface area contributed by atoms with Gasteiger partial charge in [0.25, 0.3) is 0 Å². The third-order valence-corrected chi connectivity index (χ3v) is 2.88. The van der Waals surface area contributed by atoms with Crippen molar-refractivity contribution in [1.29, 1.82) is 0 Å². The summed E-state index contributed by atoms with van der Waals surface area (Å²) in [7, 11) is 1.53. The Morgan fingerprint density at radius 3 is 3.06 bits per heavy atom. The molecular weight excluding hydrogens is 242 g/mol. The molecule has 1 saturated heterocycles. The van der Waals surface area contributed by atoms with Gasteiger partial charge in [-0.25, -0.2) is 0 Å². The highest BCUT2D eigenvalue weighted by Gasteiger charge is 2.25. The predicted molar refractivity (Wildman–Crippen MR) is 64.9 cm³/mol. The third-order valence-electron chi connectivity index (χ3n) is 2.65. The Kier molecular flexibility index (Phi) is 3.99. The molecule has 17 heavy (non-hydrogen) atoms. The zero-order chi connectivity index (χ0) is 12.3. The zero-order valence-electron chi connectivity index (χ0n) is 9.53. The van der Waals surface area contributed by atoms with Crippen LogP contribution in [0.2, 0.25) is 5.02 Å². The van der Waals surface area contributed by atoms with Crippen molar-refractivity contribution >= 4 is 17.4 Å². The van der Waals surface area contributed by atoms with Crippen molar-refractivity contribution in [3.63, 3.8) is 0 Å². The van der Waals surface area contributed by atoms with Gasteiger partial charge in [-0.2, -0.15) is 0 Å². The lowest BCUT2D eigenvalue weighted by atomic mass is 10.0. The van der Waals surface area contributed by atoms with Gasteiger partial charge in [0, 0.05) is 18.1 Å². The monoisotopic (exact) mass is 255 g/mol. The molecule has 5 heteroatoms. The number of morpholine rings is 1. The predicted octanol–water partition coefficient (Wildman–Crippen LogP) is 1.52. The Labute approximate surface area is 105 Å². The molecule has 1 aromatic rings. The van der Waals surface area contributed by atoms with Crippen molar-refractivity contribution in [2.24, 2.45) is 0 Å². The highest BCUT2D eigenvalue weighted by atomic mass is 35.5. The van der Waals surface area contributed by atoms with Gasteiger partial charge in [0.1, 0.15) is 11.9 Å². The van der Waals surface area contributed by atoms with E-state index in [0.717, 1.165) is 6.54 Å². The number of halogens is 1. The minimum atomic E-state index is -0.462. The van der Waals surface area contributed by atoms with Crippen LogP contribution in [0.4, 0.5) is 0 Å². The number of Topliss-reactive ketones (excluding diaryl/α,β-unsaturated/α-hetero) is 1. The number of carbonyl (C=O) groups excluding carboxylic acids is 1. The molecule has 1 aromatic carbocycles. The molecule has 1 atom stereocenters. The standard InChI is InChI=1S/C12H14ClNO3/c1-16-10-3-2-8(13)6-9(10)12(15)11-7-14-4-5-17-11/h2-3,6,11,14H,4-5,7H2,1H3. The fourth-order valence-corrected chi connectivity index (χ4v) is 1.95. The molecule has 92 valence electrons. The van der Waals surface area contributed by atoms with Gasteiger partial charge in [-0.05, 0) is 18.2 Å². The molecule has 1 aliphatic heterocycles. The number of ketones is 1. The third kappa shape index (κ3) is 2.77. The fraction of sp³-hybridized carbons (Fsp3) is 0.417. The first-order chi connectivity index (χ1) is 8.22. The first kappa shape index (κ1) is 12.4. The van der Waals surface area contributed by atoms with E-state index in [1.165, 1.54) is 7.11 Å². The van der Waals surface area contributed by atoms with E-state index in [1.807, 2.05) is 0 Å². The van der Waals surface area contributed by atoms with Gasteiger partial charge in [0.05, 0.1) is 19.3 Å². The molecule has 1 unspecified atom stereocenters. The minimum absolute atomic E-state index is 0.100. The number of ether oxygens (including phenoxy) is 2. The molecule has 1 heterocycles. The van der Waals surface area contributed by atoms with E-state index in [4.69, 9.17) is 21.1 Å². The van der Waals surface area contributed by atoms with E-state index in [0.29, 0.717) is 29.5 Å². The van der Waals surface area contributed by atoms with Crippen LogP contribution in [0.15, 0.2) is 18.2 Å². The Balaban J connectivity index is 2.25. The van der Waals surface area contributed by atoms with E-state index >= 15 is 0 Å². The maximum absolute atomic E-state index is 12.2. The SMILES string of the molecule is COc1ccc(Cl)cc1C(=O)C1CNCCO1. The Morgan fingerprint density at radius 2 is 2.41 bits per heavy atom. The molecule has 0 spiro atoms. The van der Waals surface area contributed by atoms with Gasteiger partial charge in [-0.15, -0.1) is 0 Å². The van der Waals surface area contributed by atoms with Gasteiger partial charge in [0.15, 0.2) is 5.78 Å². The maximum atomic E-state index is 12.2. The molecule has 0 aromatic heterocycles. The largest absolute Gasteiger partial charge is 0.496 e. The molecule has 0 aliphatic carbocycles. The van der Waals surface area contributed by atoms with E-state index in [9.17, 15) is 4.79 Å². The summed E-state index contributed by atoms with van der Waals surface area (Å²) < 4.78 is 10.6. The van der Waals surface area contributed by atoms with Gasteiger partial charge >= 0.3 is 0 Å². The summed E-state index contributed by atoms with van der Waals surface area (Å²) in [5.41, 5.74) is 0.466. The minimum Gasteiger partial charge on any atom is -0.496 e. The number of nitrogens with one attached hydrogen (secondary N) is 1. The van der Waals surface area contributed by atoms with E-state index in [-0.39, 0.29) is 5.78 Å². The fourth-order valence-electron chi connectivity index (χ4n) is 1.78. The molecule has 2 rings (SSSR count). The summed E-state index contributed by atoms with van der Waals surface area (Å²) in [5, 5.41) is 3.63. The van der Waals surface area contributed by atoms with Crippen LogP contribution < -0.4 is 10.1 Å². The summed E-state index contributed by atoms with van der Waals surface area (Å²) in [6.45, 7) is 1.84. The van der Waals surface area contributed by atoms with Crippen LogP contribution in [0.25, 0.3) is 0 Å². The maximum Gasteiger partial charge on any atom is 0.196 e. The summed E-state index contributed by atoms with van der Waals surface area (Å²) in [6.07, 6.45) is -0.462. The smallest absolute Gasteiger partial charge is 0.196 e. The van der Waals surface area contributed by atoms with Crippen molar-refractivity contribution in [2.45, 2.75) is 6.10 Å². The van der Waals surface area contributed by atoms with Crippen LogP contribution in [-0.4, -0.2) is 38.7 Å². The molecular formula is C12H14ClNO3. The Hall–Kier alpha value is -1.10. The second-order valence-corrected chi connectivity index (χ2v) is 4.21. The van der Waals surface area contributed by atoms with Crippen molar-refractivity contribution in [1.82, 2.24) is 5.32 Å². The molecule has 1 aliphatic rings. The lowest BCUT2D eigenvalue weighted by Gasteiger charge is -2.23. The number of benzene rings is 1. The molecule has 0 radical (unpaired) electrons. The van der Waals surface area contributed by atoms with E-state index in [1.54, 1.807) is 18.2 Å². The van der Waals surface area contributed by atoms with Gasteiger partial charge in [-0.1, -0.05) is 11.6 Å². The molecule has 0 amide bonds. The lowest BCUT2D eigenvalue weighted by Crippen LogP contribution is -2.43. The van der Waals surface area contributed by atoms with Crippen LogP contribution >= 0.6 is 11.6 Å². The molecule has 4 nitrogen and oxygen atoms in total. The summed E-state index contributed by atoms with van der Waals surface area (Å²) in [6, 6.07) is 4.99. The van der Waals surface area contributed by atoms with E-state index < -0.39 is 6.10 Å². The average Bonchev–Trinajstić information content (AvgIpc) is 2.39. The molecule has 0 bridgehead atoms. The summed E-state index contributed by atoms with van der Waals surface area (Å²) in [5.74, 6) is 0.421. The van der Waals surface area contributed by atoms with Crippen LogP contribution in [-0.2, 0) is 4.74 Å². The topological polar surface area (TPSA) is 47.6 Å². The average molecular weight is 256 g/mol. The van der Waals surface area contributed by atoms with Crippen molar-refractivity contribution in [3.05, 3.63) is 28.8 Å². The molecule has 1 fully saturated rings. The van der Waals surface area contributed by atoms with Crippen molar-refractivity contribution in [2.75, 3.05) is 26.8 Å². The number of hydrogen-bond acceptors (Lipinski definition) is 4. The Bertz CT molecular complexity index is 416. The number of rotatable bonds is 3. The van der Waals surface area contributed by atoms with Crippen LogP contribution in [0.3, 0.4) is 0 Å². The Morgan fingerprint density at radius 1 is 1.59 bits per heavy atom. The second-order valence-electron chi connectivity index (χ2n) is 3.77. The van der Waals surface area contributed by atoms with Crippen molar-refractivity contribution < 1.29 is 14.3 Å². The summed E-state index contributed by atoms with van der Waals surface area (Å²) >= 11 is 5.89. The van der Waals surface area contributed by atoms with Gasteiger partial charge in [-0.3, -0.25) is 4.79 Å². The number of carbonyl (C=O) groups is 1. The van der Waals surface area contributed by atoms with Crippen LogP contribution in [0, 0.1) is 0 Å². The van der Waals surface area contributed by atoms with Crippen LogP contribution in [0.5, 0.6) is 5.75 Å². The van der Waals surface area contributed by atoms with E-state index in [2.05, 4.69) is 5.32 Å². The molecule has 0 saturated carbocycles. The highest BCUT2D eigenvalue weighted by molar-refractivity contribution is 6.31. The summed E-state index contributed by atoms with van der Waals surface area (Å²) in [4.78, 5) is 12.2. The normalized spacial score (nSPS) is 20.0. The highest BCUT2D eigenvalue weighted by Crippen LogP contribution is 2.24. The number of hydrogen-bond donors (Lipinski definition) is 1. The molecule has 1 N–H and O–H groups in total. The van der Waals surface area contributed by atoms with Crippen molar-refractivity contribution in [3.8, 4) is 5.75 Å². The first-order valence-corrected chi connectivity index (χ1v) is 5.80. The lowest BCUT2D eigenvalue weighted by molar-refractivity contribution is 0.0267.